The zero-order valence-corrected chi connectivity index (χ0v) is 11.2. The van der Waals surface area contributed by atoms with E-state index in [0.29, 0.717) is 11.6 Å². The van der Waals surface area contributed by atoms with Gasteiger partial charge in [-0.2, -0.15) is 10.1 Å². The molecule has 4 aliphatic carbocycles. The number of nitrogens with one attached hydrogen (secondary N) is 1. The average Bonchev–Trinajstić information content (AvgIpc) is 3.09. The van der Waals surface area contributed by atoms with Gasteiger partial charge in [-0.25, -0.2) is 4.98 Å². The fourth-order valence-electron chi connectivity index (χ4n) is 5.22. The van der Waals surface area contributed by atoms with E-state index in [4.69, 9.17) is 4.52 Å². The van der Waals surface area contributed by atoms with Crippen LogP contribution in [0.4, 0.5) is 0 Å². The van der Waals surface area contributed by atoms with Crippen LogP contribution in [0, 0.1) is 17.8 Å². The number of aromatic amines is 1. The summed E-state index contributed by atoms with van der Waals surface area (Å²) in [6.07, 6.45) is 9.42. The van der Waals surface area contributed by atoms with E-state index < -0.39 is 0 Å². The molecular formula is C14H17N5O. The van der Waals surface area contributed by atoms with Gasteiger partial charge in [0, 0.05) is 0 Å². The molecule has 0 spiro atoms. The molecule has 0 saturated heterocycles. The molecule has 4 saturated carbocycles. The van der Waals surface area contributed by atoms with E-state index in [0.717, 1.165) is 23.6 Å². The summed E-state index contributed by atoms with van der Waals surface area (Å²) < 4.78 is 5.62. The first kappa shape index (κ1) is 11.0. The molecule has 0 radical (unpaired) electrons. The third-order valence-corrected chi connectivity index (χ3v) is 5.54. The van der Waals surface area contributed by atoms with Crippen molar-refractivity contribution in [1.29, 1.82) is 0 Å². The molecule has 1 N–H and O–H groups in total. The Labute approximate surface area is 116 Å². The van der Waals surface area contributed by atoms with Gasteiger partial charge in [0.25, 0.3) is 0 Å². The largest absolute Gasteiger partial charge is 0.338 e. The van der Waals surface area contributed by atoms with Crippen molar-refractivity contribution in [3.8, 4) is 11.6 Å². The van der Waals surface area contributed by atoms with E-state index in [2.05, 4.69) is 25.3 Å². The Hall–Kier alpha value is -1.72. The van der Waals surface area contributed by atoms with Crippen LogP contribution in [0.1, 0.15) is 44.4 Å². The Balaban J connectivity index is 1.54. The lowest BCUT2D eigenvalue weighted by Crippen LogP contribution is -2.48. The Morgan fingerprint density at radius 1 is 1.10 bits per heavy atom. The van der Waals surface area contributed by atoms with Gasteiger partial charge in [-0.3, -0.25) is 5.10 Å². The van der Waals surface area contributed by atoms with E-state index in [1.54, 1.807) is 0 Å². The van der Waals surface area contributed by atoms with Crippen LogP contribution in [0.3, 0.4) is 0 Å². The topological polar surface area (TPSA) is 80.5 Å². The van der Waals surface area contributed by atoms with Crippen LogP contribution in [0.15, 0.2) is 10.9 Å². The molecule has 0 amide bonds. The van der Waals surface area contributed by atoms with E-state index in [-0.39, 0.29) is 5.41 Å². The molecule has 2 aromatic heterocycles. The molecule has 0 aromatic carbocycles. The van der Waals surface area contributed by atoms with Gasteiger partial charge in [0.2, 0.25) is 11.7 Å². The van der Waals surface area contributed by atoms with Crippen molar-refractivity contribution < 1.29 is 4.52 Å². The molecule has 2 heterocycles. The quantitative estimate of drug-likeness (QED) is 0.906. The highest BCUT2D eigenvalue weighted by molar-refractivity contribution is 5.40. The first-order valence-corrected chi connectivity index (χ1v) is 7.51. The lowest BCUT2D eigenvalue weighted by atomic mass is 9.49. The molecule has 4 bridgehead atoms. The van der Waals surface area contributed by atoms with Gasteiger partial charge in [-0.1, -0.05) is 5.16 Å². The Morgan fingerprint density at radius 2 is 1.80 bits per heavy atom. The second kappa shape index (κ2) is 3.68. The van der Waals surface area contributed by atoms with Crippen LogP contribution >= 0.6 is 0 Å². The molecule has 0 atom stereocenters. The molecule has 6 nitrogen and oxygen atoms in total. The molecule has 2 aromatic rings. The summed E-state index contributed by atoms with van der Waals surface area (Å²) in [4.78, 5) is 8.73. The van der Waals surface area contributed by atoms with Crippen molar-refractivity contribution >= 4 is 0 Å². The van der Waals surface area contributed by atoms with Gasteiger partial charge in [0.1, 0.15) is 6.33 Å². The van der Waals surface area contributed by atoms with E-state index in [1.165, 1.54) is 44.9 Å². The van der Waals surface area contributed by atoms with Crippen molar-refractivity contribution in [2.75, 3.05) is 0 Å². The predicted molar refractivity (Wildman–Crippen MR) is 69.5 cm³/mol. The molecule has 0 unspecified atom stereocenters. The van der Waals surface area contributed by atoms with Gasteiger partial charge in [-0.15, -0.1) is 0 Å². The third-order valence-electron chi connectivity index (χ3n) is 5.54. The van der Waals surface area contributed by atoms with Crippen LogP contribution in [-0.2, 0) is 5.41 Å². The molecule has 104 valence electrons. The minimum absolute atomic E-state index is 0.153. The van der Waals surface area contributed by atoms with Gasteiger partial charge in [-0.05, 0) is 56.3 Å². The van der Waals surface area contributed by atoms with Gasteiger partial charge in [0.15, 0.2) is 5.82 Å². The van der Waals surface area contributed by atoms with Crippen molar-refractivity contribution in [3.63, 3.8) is 0 Å². The molecule has 6 rings (SSSR count). The Bertz CT molecular complexity index is 597. The van der Waals surface area contributed by atoms with E-state index in [9.17, 15) is 0 Å². The normalized spacial score (nSPS) is 38.5. The summed E-state index contributed by atoms with van der Waals surface area (Å²) in [6.45, 7) is 0. The van der Waals surface area contributed by atoms with E-state index >= 15 is 0 Å². The highest BCUT2D eigenvalue weighted by atomic mass is 16.5. The Kier molecular flexibility index (Phi) is 2.02. The standard InChI is InChI=1S/C14H17N5O/c1-8-2-10-3-9(1)5-14(4-8,6-10)13-17-12(19-20-13)11-15-7-16-18-11/h7-10H,1-6H2,(H,15,16,18). The van der Waals surface area contributed by atoms with Crippen LogP contribution in [0.5, 0.6) is 0 Å². The minimum Gasteiger partial charge on any atom is -0.338 e. The first-order valence-electron chi connectivity index (χ1n) is 7.51. The van der Waals surface area contributed by atoms with Crippen molar-refractivity contribution in [1.82, 2.24) is 25.3 Å². The second-order valence-electron chi connectivity index (χ2n) is 6.96. The van der Waals surface area contributed by atoms with Crippen molar-refractivity contribution in [2.24, 2.45) is 17.8 Å². The molecule has 4 fully saturated rings. The zero-order valence-electron chi connectivity index (χ0n) is 11.2. The number of nitrogens with zero attached hydrogens (tertiary/aromatic N) is 4. The molecule has 6 heteroatoms. The van der Waals surface area contributed by atoms with Crippen LogP contribution in [0.25, 0.3) is 11.6 Å². The monoisotopic (exact) mass is 271 g/mol. The van der Waals surface area contributed by atoms with Crippen LogP contribution in [0.2, 0.25) is 0 Å². The Morgan fingerprint density at radius 3 is 2.40 bits per heavy atom. The number of aromatic nitrogens is 5. The highest BCUT2D eigenvalue weighted by Gasteiger charge is 2.54. The summed E-state index contributed by atoms with van der Waals surface area (Å²) in [5.74, 6) is 4.59. The lowest BCUT2D eigenvalue weighted by Gasteiger charge is -2.55. The number of hydrogen-bond acceptors (Lipinski definition) is 5. The first-order chi connectivity index (χ1) is 9.81. The van der Waals surface area contributed by atoms with E-state index in [1.807, 2.05) is 0 Å². The summed E-state index contributed by atoms with van der Waals surface area (Å²) >= 11 is 0. The smallest absolute Gasteiger partial charge is 0.239 e. The molecular weight excluding hydrogens is 254 g/mol. The molecule has 4 aliphatic rings. The summed E-state index contributed by atoms with van der Waals surface area (Å²) in [6, 6.07) is 0. The number of rotatable bonds is 2. The lowest BCUT2D eigenvalue weighted by molar-refractivity contribution is -0.0201. The highest BCUT2D eigenvalue weighted by Crippen LogP contribution is 2.60. The van der Waals surface area contributed by atoms with Gasteiger partial charge in [0.05, 0.1) is 5.41 Å². The van der Waals surface area contributed by atoms with Crippen LogP contribution in [-0.4, -0.2) is 25.3 Å². The van der Waals surface area contributed by atoms with Gasteiger partial charge >= 0.3 is 0 Å². The summed E-state index contributed by atoms with van der Waals surface area (Å²) in [5.41, 5.74) is 0.153. The minimum atomic E-state index is 0.153. The van der Waals surface area contributed by atoms with Crippen molar-refractivity contribution in [2.45, 2.75) is 43.9 Å². The fourth-order valence-corrected chi connectivity index (χ4v) is 5.22. The maximum absolute atomic E-state index is 5.62. The summed E-state index contributed by atoms with van der Waals surface area (Å²) in [5, 5.41) is 10.7. The van der Waals surface area contributed by atoms with Gasteiger partial charge < -0.3 is 4.52 Å². The van der Waals surface area contributed by atoms with Crippen LogP contribution < -0.4 is 0 Å². The average molecular weight is 271 g/mol. The predicted octanol–water partition coefficient (Wildman–Crippen LogP) is 2.32. The maximum atomic E-state index is 5.62. The number of hydrogen-bond donors (Lipinski definition) is 1. The molecule has 20 heavy (non-hydrogen) atoms. The number of H-pyrrole nitrogens is 1. The fraction of sp³-hybridized carbons (Fsp3) is 0.714. The SMILES string of the molecule is c1n[nH]c(-c2noc(C34CC5CC(CC(C5)C3)C4)n2)n1. The second-order valence-corrected chi connectivity index (χ2v) is 6.96. The third kappa shape index (κ3) is 1.45. The maximum Gasteiger partial charge on any atom is 0.239 e. The summed E-state index contributed by atoms with van der Waals surface area (Å²) in [7, 11) is 0. The molecule has 0 aliphatic heterocycles. The van der Waals surface area contributed by atoms with Crippen molar-refractivity contribution in [3.05, 3.63) is 12.2 Å². The zero-order chi connectivity index (χ0) is 13.2.